The molecule has 1 saturated heterocycles. The maximum Gasteiger partial charge on any atom is 0.102 e. The molecule has 1 heterocycles. The van der Waals surface area contributed by atoms with Crippen molar-refractivity contribution in [1.82, 2.24) is 5.32 Å². The van der Waals surface area contributed by atoms with Crippen molar-refractivity contribution in [3.63, 3.8) is 0 Å². The van der Waals surface area contributed by atoms with E-state index >= 15 is 0 Å². The Hall–Kier alpha value is -1.64. The standard InChI is InChI=1S/C17H19NO/c1-13-12-19-17(15-10-6-3-7-11-15)16(18-13)14-8-4-2-5-9-14/h2-11,13,16-18H,12H2,1H3. The first-order chi connectivity index (χ1) is 9.34. The zero-order valence-electron chi connectivity index (χ0n) is 11.1. The van der Waals surface area contributed by atoms with E-state index in [9.17, 15) is 0 Å². The molecule has 3 unspecified atom stereocenters. The molecular formula is C17H19NO. The smallest absolute Gasteiger partial charge is 0.102 e. The van der Waals surface area contributed by atoms with Gasteiger partial charge in [0.15, 0.2) is 0 Å². The van der Waals surface area contributed by atoms with Crippen molar-refractivity contribution in [3.8, 4) is 0 Å². The summed E-state index contributed by atoms with van der Waals surface area (Å²) in [6.45, 7) is 2.92. The van der Waals surface area contributed by atoms with Gasteiger partial charge in [-0.25, -0.2) is 0 Å². The lowest BCUT2D eigenvalue weighted by Crippen LogP contribution is -2.43. The Kier molecular flexibility index (Phi) is 3.62. The fourth-order valence-corrected chi connectivity index (χ4v) is 2.65. The third-order valence-corrected chi connectivity index (χ3v) is 3.58. The lowest BCUT2D eigenvalue weighted by atomic mass is 9.93. The Balaban J connectivity index is 1.93. The van der Waals surface area contributed by atoms with Crippen LogP contribution >= 0.6 is 0 Å². The molecule has 0 bridgehead atoms. The highest BCUT2D eigenvalue weighted by molar-refractivity contribution is 5.27. The zero-order valence-corrected chi connectivity index (χ0v) is 11.1. The number of benzene rings is 2. The number of morpholine rings is 1. The predicted molar refractivity (Wildman–Crippen MR) is 76.9 cm³/mol. The van der Waals surface area contributed by atoms with Gasteiger partial charge in [-0.1, -0.05) is 60.7 Å². The highest BCUT2D eigenvalue weighted by atomic mass is 16.5. The Labute approximate surface area is 114 Å². The van der Waals surface area contributed by atoms with Crippen molar-refractivity contribution < 1.29 is 4.74 Å². The SMILES string of the molecule is CC1COC(c2ccccc2)C(c2ccccc2)N1. The second kappa shape index (κ2) is 5.55. The summed E-state index contributed by atoms with van der Waals surface area (Å²) in [5, 5.41) is 3.66. The second-order valence-corrected chi connectivity index (χ2v) is 5.12. The summed E-state index contributed by atoms with van der Waals surface area (Å²) in [6, 6.07) is 21.6. The van der Waals surface area contributed by atoms with Gasteiger partial charge in [-0.15, -0.1) is 0 Å². The fraction of sp³-hybridized carbons (Fsp3) is 0.294. The Morgan fingerprint density at radius 1 is 0.895 bits per heavy atom. The summed E-state index contributed by atoms with van der Waals surface area (Å²) in [4.78, 5) is 0. The molecule has 3 atom stereocenters. The van der Waals surface area contributed by atoms with Crippen LogP contribution in [0.1, 0.15) is 30.2 Å². The molecule has 3 rings (SSSR count). The molecule has 0 aromatic heterocycles. The summed E-state index contributed by atoms with van der Waals surface area (Å²) in [5.41, 5.74) is 2.51. The molecule has 1 aliphatic heterocycles. The first-order valence-electron chi connectivity index (χ1n) is 6.82. The first-order valence-corrected chi connectivity index (χ1v) is 6.82. The largest absolute Gasteiger partial charge is 0.370 e. The molecule has 1 aliphatic rings. The average molecular weight is 253 g/mol. The van der Waals surface area contributed by atoms with Crippen LogP contribution in [0.15, 0.2) is 60.7 Å². The van der Waals surface area contributed by atoms with E-state index in [2.05, 4.69) is 60.8 Å². The molecule has 2 nitrogen and oxygen atoms in total. The van der Waals surface area contributed by atoms with E-state index in [4.69, 9.17) is 4.74 Å². The van der Waals surface area contributed by atoms with Crippen LogP contribution in [0.4, 0.5) is 0 Å². The average Bonchev–Trinajstić information content (AvgIpc) is 2.49. The Morgan fingerprint density at radius 2 is 1.47 bits per heavy atom. The van der Waals surface area contributed by atoms with Gasteiger partial charge in [0, 0.05) is 6.04 Å². The van der Waals surface area contributed by atoms with Crippen LogP contribution < -0.4 is 5.32 Å². The summed E-state index contributed by atoms with van der Waals surface area (Å²) in [6.07, 6.45) is 0.0831. The van der Waals surface area contributed by atoms with Crippen LogP contribution in [0.3, 0.4) is 0 Å². The molecule has 0 aliphatic carbocycles. The van der Waals surface area contributed by atoms with Gasteiger partial charge in [-0.2, -0.15) is 0 Å². The van der Waals surface area contributed by atoms with Crippen LogP contribution in [0.25, 0.3) is 0 Å². The van der Waals surface area contributed by atoms with Crippen LogP contribution in [0, 0.1) is 0 Å². The maximum atomic E-state index is 6.08. The van der Waals surface area contributed by atoms with E-state index in [1.54, 1.807) is 0 Å². The molecule has 1 N–H and O–H groups in total. The highest BCUT2D eigenvalue weighted by Gasteiger charge is 2.30. The summed E-state index contributed by atoms with van der Waals surface area (Å²) >= 11 is 0. The number of rotatable bonds is 2. The lowest BCUT2D eigenvalue weighted by molar-refractivity contribution is -0.0268. The summed E-state index contributed by atoms with van der Waals surface area (Å²) in [5.74, 6) is 0. The summed E-state index contributed by atoms with van der Waals surface area (Å²) in [7, 11) is 0. The van der Waals surface area contributed by atoms with E-state index in [0.717, 1.165) is 6.61 Å². The van der Waals surface area contributed by atoms with E-state index in [1.807, 2.05) is 12.1 Å². The molecular weight excluding hydrogens is 234 g/mol. The maximum absolute atomic E-state index is 6.08. The zero-order chi connectivity index (χ0) is 13.1. The van der Waals surface area contributed by atoms with Crippen molar-refractivity contribution in [2.45, 2.75) is 25.1 Å². The van der Waals surface area contributed by atoms with Crippen molar-refractivity contribution in [2.75, 3.05) is 6.61 Å². The van der Waals surface area contributed by atoms with Crippen molar-refractivity contribution in [2.24, 2.45) is 0 Å². The molecule has 0 amide bonds. The molecule has 1 fully saturated rings. The van der Waals surface area contributed by atoms with Gasteiger partial charge in [0.05, 0.1) is 12.6 Å². The minimum absolute atomic E-state index is 0.0831. The third kappa shape index (κ3) is 2.70. The fourth-order valence-electron chi connectivity index (χ4n) is 2.65. The van der Waals surface area contributed by atoms with Gasteiger partial charge in [0.25, 0.3) is 0 Å². The number of hydrogen-bond acceptors (Lipinski definition) is 2. The summed E-state index contributed by atoms with van der Waals surface area (Å²) < 4.78 is 6.08. The number of hydrogen-bond donors (Lipinski definition) is 1. The van der Waals surface area contributed by atoms with Gasteiger partial charge in [-0.05, 0) is 18.1 Å². The van der Waals surface area contributed by atoms with E-state index in [0.29, 0.717) is 6.04 Å². The van der Waals surface area contributed by atoms with Gasteiger partial charge in [0.2, 0.25) is 0 Å². The lowest BCUT2D eigenvalue weighted by Gasteiger charge is -2.37. The van der Waals surface area contributed by atoms with Crippen molar-refractivity contribution in [3.05, 3.63) is 71.8 Å². The molecule has 98 valence electrons. The topological polar surface area (TPSA) is 21.3 Å². The molecule has 0 saturated carbocycles. The quantitative estimate of drug-likeness (QED) is 0.884. The van der Waals surface area contributed by atoms with Gasteiger partial charge >= 0.3 is 0 Å². The molecule has 0 radical (unpaired) electrons. The molecule has 2 heteroatoms. The van der Waals surface area contributed by atoms with E-state index in [1.165, 1.54) is 11.1 Å². The van der Waals surface area contributed by atoms with Gasteiger partial charge in [0.1, 0.15) is 6.10 Å². The molecule has 0 spiro atoms. The van der Waals surface area contributed by atoms with Crippen molar-refractivity contribution >= 4 is 0 Å². The van der Waals surface area contributed by atoms with Gasteiger partial charge < -0.3 is 10.1 Å². The Bertz CT molecular complexity index is 511. The monoisotopic (exact) mass is 253 g/mol. The van der Waals surface area contributed by atoms with Crippen LogP contribution in [-0.2, 0) is 4.74 Å². The minimum atomic E-state index is 0.0831. The molecule has 19 heavy (non-hydrogen) atoms. The van der Waals surface area contributed by atoms with Crippen LogP contribution in [0.2, 0.25) is 0 Å². The molecule has 2 aromatic carbocycles. The van der Waals surface area contributed by atoms with Crippen LogP contribution in [-0.4, -0.2) is 12.6 Å². The minimum Gasteiger partial charge on any atom is -0.370 e. The first kappa shape index (κ1) is 12.4. The Morgan fingerprint density at radius 3 is 2.11 bits per heavy atom. The van der Waals surface area contributed by atoms with E-state index < -0.39 is 0 Å². The van der Waals surface area contributed by atoms with E-state index in [-0.39, 0.29) is 12.1 Å². The van der Waals surface area contributed by atoms with Crippen LogP contribution in [0.5, 0.6) is 0 Å². The van der Waals surface area contributed by atoms with Crippen molar-refractivity contribution in [1.29, 1.82) is 0 Å². The normalized spacial score (nSPS) is 27.1. The predicted octanol–water partition coefficient (Wildman–Crippen LogP) is 3.48. The van der Waals surface area contributed by atoms with Gasteiger partial charge in [-0.3, -0.25) is 0 Å². The highest BCUT2D eigenvalue weighted by Crippen LogP contribution is 2.35. The third-order valence-electron chi connectivity index (χ3n) is 3.58. The second-order valence-electron chi connectivity index (χ2n) is 5.12. The number of ether oxygens (including phenoxy) is 1. The molecule has 2 aromatic rings. The number of nitrogens with one attached hydrogen (secondary N) is 1.